The second kappa shape index (κ2) is 62.6. The van der Waals surface area contributed by atoms with Gasteiger partial charge in [-0.1, -0.05) is 294 Å². The minimum Gasteiger partial charge on any atom is -0.466 e. The van der Waals surface area contributed by atoms with E-state index in [1.807, 2.05) is 0 Å². The van der Waals surface area contributed by atoms with Crippen molar-refractivity contribution < 1.29 is 24.5 Å². The Morgan fingerprint density at radius 3 is 1.05 bits per heavy atom. The van der Waals surface area contributed by atoms with Crippen LogP contribution in [-0.4, -0.2) is 47.4 Å². The molecule has 73 heavy (non-hydrogen) atoms. The first-order valence-corrected chi connectivity index (χ1v) is 32.7. The fourth-order valence-electron chi connectivity index (χ4n) is 10.1. The van der Waals surface area contributed by atoms with Crippen LogP contribution in [-0.2, 0) is 14.3 Å². The summed E-state index contributed by atoms with van der Waals surface area (Å²) in [6.45, 7) is 4.95. The minimum absolute atomic E-state index is 0.00878. The van der Waals surface area contributed by atoms with Crippen LogP contribution < -0.4 is 5.32 Å². The molecule has 0 aliphatic carbocycles. The molecule has 430 valence electrons. The molecule has 0 aromatic heterocycles. The number of rotatable bonds is 61. The van der Waals surface area contributed by atoms with Gasteiger partial charge in [0, 0.05) is 12.8 Å². The highest BCUT2D eigenvalue weighted by molar-refractivity contribution is 5.76. The van der Waals surface area contributed by atoms with E-state index in [1.165, 1.54) is 270 Å². The number of allylic oxidation sites excluding steroid dienone is 6. The molecule has 1 amide bonds. The fraction of sp³-hybridized carbons (Fsp3) is 0.881. The number of amides is 1. The number of carbonyl (C=O) groups is 2. The first kappa shape index (κ1) is 71.1. The first-order valence-electron chi connectivity index (χ1n) is 32.7. The van der Waals surface area contributed by atoms with Gasteiger partial charge >= 0.3 is 5.97 Å². The average Bonchev–Trinajstić information content (AvgIpc) is 3.39. The van der Waals surface area contributed by atoms with E-state index in [1.54, 1.807) is 0 Å². The van der Waals surface area contributed by atoms with Crippen LogP contribution in [0.25, 0.3) is 0 Å². The summed E-state index contributed by atoms with van der Waals surface area (Å²) in [5.41, 5.74) is 0. The van der Waals surface area contributed by atoms with E-state index < -0.39 is 12.1 Å². The molecule has 0 radical (unpaired) electrons. The molecule has 0 rings (SSSR count). The van der Waals surface area contributed by atoms with E-state index >= 15 is 0 Å². The third-order valence-electron chi connectivity index (χ3n) is 15.2. The summed E-state index contributed by atoms with van der Waals surface area (Å²) in [6.07, 6.45) is 78.8. The summed E-state index contributed by atoms with van der Waals surface area (Å²) in [4.78, 5) is 24.6. The first-order chi connectivity index (χ1) is 36.0. The normalized spacial score (nSPS) is 12.8. The van der Waals surface area contributed by atoms with Gasteiger partial charge < -0.3 is 20.3 Å². The van der Waals surface area contributed by atoms with Crippen molar-refractivity contribution in [3.05, 3.63) is 36.5 Å². The van der Waals surface area contributed by atoms with Gasteiger partial charge in [0.1, 0.15) is 0 Å². The molecule has 0 fully saturated rings. The van der Waals surface area contributed by atoms with E-state index in [0.717, 1.165) is 51.4 Å². The summed E-state index contributed by atoms with van der Waals surface area (Å²) >= 11 is 0. The van der Waals surface area contributed by atoms with Crippen LogP contribution in [0.5, 0.6) is 0 Å². The van der Waals surface area contributed by atoms with Crippen molar-refractivity contribution in [2.24, 2.45) is 0 Å². The van der Waals surface area contributed by atoms with Crippen molar-refractivity contribution in [3.63, 3.8) is 0 Å². The SMILES string of the molecule is CCCCCCCC/C=C\CCCCCCCCCCCC(=O)OCCCCCCCCCCC/C=C\C/C=C\CCCCCCCCCCCC(=O)NC(CO)C(O)CCCCCCCCCCCCCC. The van der Waals surface area contributed by atoms with Crippen LogP contribution in [0.2, 0.25) is 0 Å². The van der Waals surface area contributed by atoms with Gasteiger partial charge in [-0.15, -0.1) is 0 Å². The summed E-state index contributed by atoms with van der Waals surface area (Å²) < 4.78 is 5.50. The third-order valence-corrected chi connectivity index (χ3v) is 15.2. The predicted molar refractivity (Wildman–Crippen MR) is 319 cm³/mol. The van der Waals surface area contributed by atoms with Crippen LogP contribution in [0.15, 0.2) is 36.5 Å². The van der Waals surface area contributed by atoms with Gasteiger partial charge in [-0.25, -0.2) is 0 Å². The zero-order valence-corrected chi connectivity index (χ0v) is 49.1. The lowest BCUT2D eigenvalue weighted by Crippen LogP contribution is -2.45. The lowest BCUT2D eigenvalue weighted by atomic mass is 10.0. The average molecular weight is 1030 g/mol. The van der Waals surface area contributed by atoms with Gasteiger partial charge in [0.05, 0.1) is 25.4 Å². The molecule has 6 nitrogen and oxygen atoms in total. The van der Waals surface area contributed by atoms with Crippen LogP contribution in [0.3, 0.4) is 0 Å². The number of hydrogen-bond donors (Lipinski definition) is 3. The molecule has 0 aromatic carbocycles. The zero-order chi connectivity index (χ0) is 52.9. The number of esters is 1. The van der Waals surface area contributed by atoms with Crippen LogP contribution >= 0.6 is 0 Å². The minimum atomic E-state index is -0.667. The molecule has 0 aliphatic heterocycles. The molecule has 0 aromatic rings. The van der Waals surface area contributed by atoms with Crippen LogP contribution in [0.4, 0.5) is 0 Å². The summed E-state index contributed by atoms with van der Waals surface area (Å²) in [6, 6.07) is -0.545. The van der Waals surface area contributed by atoms with Gasteiger partial charge in [0.15, 0.2) is 0 Å². The number of unbranched alkanes of at least 4 members (excludes halogenated alkanes) is 44. The monoisotopic (exact) mass is 1030 g/mol. The highest BCUT2D eigenvalue weighted by Crippen LogP contribution is 2.17. The van der Waals surface area contributed by atoms with Crippen LogP contribution in [0, 0.1) is 0 Å². The van der Waals surface area contributed by atoms with E-state index in [2.05, 4.69) is 55.6 Å². The molecule has 0 saturated carbocycles. The third kappa shape index (κ3) is 59.2. The molecule has 0 bridgehead atoms. The standard InChI is InChI=1S/C67H127NO5/c1-3-5-7-9-11-13-15-17-18-19-27-31-34-37-41-45-49-53-57-61-67(72)73-62-58-54-50-46-42-38-35-32-29-26-24-22-20-21-23-25-28-30-33-36-40-44-48-52-56-60-66(71)68-64(63-69)65(70)59-55-51-47-43-39-16-14-12-10-8-6-4-2/h17-18,21-24,64-65,69-70H,3-16,19-20,25-63H2,1-2H3,(H,68,71)/b18-17-,23-21-,24-22-. The van der Waals surface area contributed by atoms with E-state index in [0.29, 0.717) is 25.9 Å². The highest BCUT2D eigenvalue weighted by Gasteiger charge is 2.20. The van der Waals surface area contributed by atoms with Gasteiger partial charge in [0.25, 0.3) is 0 Å². The van der Waals surface area contributed by atoms with E-state index in [4.69, 9.17) is 4.74 Å². The molecule has 0 spiro atoms. The maximum Gasteiger partial charge on any atom is 0.305 e. The molecule has 3 N–H and O–H groups in total. The van der Waals surface area contributed by atoms with Gasteiger partial charge in [-0.2, -0.15) is 0 Å². The number of nitrogens with one attached hydrogen (secondary N) is 1. The maximum absolute atomic E-state index is 12.5. The van der Waals surface area contributed by atoms with Crippen molar-refractivity contribution in [1.82, 2.24) is 5.32 Å². The Bertz CT molecular complexity index is 1180. The van der Waals surface area contributed by atoms with Crippen molar-refractivity contribution in [3.8, 4) is 0 Å². The lowest BCUT2D eigenvalue weighted by Gasteiger charge is -2.22. The number of aliphatic hydroxyl groups excluding tert-OH is 2. The van der Waals surface area contributed by atoms with Crippen molar-refractivity contribution in [2.75, 3.05) is 13.2 Å². The Labute approximate surface area is 455 Å². The highest BCUT2D eigenvalue weighted by atomic mass is 16.5. The van der Waals surface area contributed by atoms with Crippen molar-refractivity contribution in [2.45, 2.75) is 366 Å². The van der Waals surface area contributed by atoms with Crippen molar-refractivity contribution >= 4 is 11.9 Å². The number of ether oxygens (including phenoxy) is 1. The van der Waals surface area contributed by atoms with Gasteiger partial charge in [0.2, 0.25) is 5.91 Å². The molecule has 0 aliphatic rings. The summed E-state index contributed by atoms with van der Waals surface area (Å²) in [5.74, 6) is -0.0321. The van der Waals surface area contributed by atoms with E-state index in [-0.39, 0.29) is 18.5 Å². The second-order valence-corrected chi connectivity index (χ2v) is 22.4. The maximum atomic E-state index is 12.5. The number of aliphatic hydroxyl groups is 2. The fourth-order valence-corrected chi connectivity index (χ4v) is 10.1. The number of carbonyl (C=O) groups excluding carboxylic acids is 2. The smallest absolute Gasteiger partial charge is 0.305 e. The Hall–Kier alpha value is -1.92. The summed E-state index contributed by atoms with van der Waals surface area (Å²) in [7, 11) is 0. The molecular formula is C67H127NO5. The molecule has 2 unspecified atom stereocenters. The Kier molecular flexibility index (Phi) is 61.0. The largest absolute Gasteiger partial charge is 0.466 e. The topological polar surface area (TPSA) is 95.9 Å². The zero-order valence-electron chi connectivity index (χ0n) is 49.1. The van der Waals surface area contributed by atoms with Gasteiger partial charge in [-0.05, 0) is 83.5 Å². The second-order valence-electron chi connectivity index (χ2n) is 22.4. The molecule has 2 atom stereocenters. The van der Waals surface area contributed by atoms with Crippen LogP contribution in [0.1, 0.15) is 354 Å². The predicted octanol–water partition coefficient (Wildman–Crippen LogP) is 20.8. The Morgan fingerprint density at radius 2 is 0.685 bits per heavy atom. The quantitative estimate of drug-likeness (QED) is 0.0320. The van der Waals surface area contributed by atoms with Crippen molar-refractivity contribution in [1.29, 1.82) is 0 Å². The molecule has 0 saturated heterocycles. The molecular weight excluding hydrogens is 899 g/mol. The molecule has 0 heterocycles. The lowest BCUT2D eigenvalue weighted by molar-refractivity contribution is -0.143. The summed E-state index contributed by atoms with van der Waals surface area (Å²) in [5, 5.41) is 23.2. The molecule has 6 heteroatoms. The van der Waals surface area contributed by atoms with E-state index in [9.17, 15) is 19.8 Å². The Balaban J connectivity index is 3.40. The Morgan fingerprint density at radius 1 is 0.384 bits per heavy atom. The van der Waals surface area contributed by atoms with Gasteiger partial charge in [-0.3, -0.25) is 9.59 Å². The number of hydrogen-bond acceptors (Lipinski definition) is 5.